The maximum absolute atomic E-state index is 12.3. The minimum absolute atomic E-state index is 0.0894. The third kappa shape index (κ3) is 5.29. The van der Waals surface area contributed by atoms with E-state index in [4.69, 9.17) is 0 Å². The van der Waals surface area contributed by atoms with Gasteiger partial charge in [-0.3, -0.25) is 0 Å². The van der Waals surface area contributed by atoms with Gasteiger partial charge in [0.25, 0.3) is 0 Å². The quantitative estimate of drug-likeness (QED) is 0.752. The first kappa shape index (κ1) is 16.8. The van der Waals surface area contributed by atoms with Crippen LogP contribution in [0, 0.1) is 0 Å². The Morgan fingerprint density at radius 1 is 1.19 bits per heavy atom. The van der Waals surface area contributed by atoms with Crippen molar-refractivity contribution in [2.24, 2.45) is 0 Å². The molecule has 0 radical (unpaired) electrons. The number of thioether (sulfide) groups is 1. The number of hydrogen-bond acceptors (Lipinski definition) is 4. The van der Waals surface area contributed by atoms with Gasteiger partial charge in [-0.1, -0.05) is 12.1 Å². The molecule has 1 aromatic rings. The van der Waals surface area contributed by atoms with Gasteiger partial charge in [0, 0.05) is 6.04 Å². The highest BCUT2D eigenvalue weighted by Crippen LogP contribution is 2.19. The monoisotopic (exact) mass is 328 g/mol. The maximum Gasteiger partial charge on any atom is 0.240 e. The zero-order valence-electron chi connectivity index (χ0n) is 12.5. The van der Waals surface area contributed by atoms with Crippen molar-refractivity contribution in [3.8, 4) is 0 Å². The number of aryl methyl sites for hydroxylation is 1. The lowest BCUT2D eigenvalue weighted by atomic mass is 10.1. The molecule has 1 fully saturated rings. The molecule has 0 aliphatic carbocycles. The van der Waals surface area contributed by atoms with Crippen LogP contribution in [0.1, 0.15) is 24.8 Å². The lowest BCUT2D eigenvalue weighted by molar-refractivity contribution is 0.529. The minimum Gasteiger partial charge on any atom is -0.320 e. The number of benzene rings is 1. The molecule has 0 unspecified atom stereocenters. The summed E-state index contributed by atoms with van der Waals surface area (Å²) < 4.78 is 27.5. The first-order valence-corrected chi connectivity index (χ1v) is 10.1. The van der Waals surface area contributed by atoms with E-state index in [-0.39, 0.29) is 6.04 Å². The van der Waals surface area contributed by atoms with Crippen molar-refractivity contribution in [3.05, 3.63) is 29.8 Å². The Morgan fingerprint density at radius 3 is 2.48 bits per heavy atom. The van der Waals surface area contributed by atoms with E-state index < -0.39 is 10.0 Å². The van der Waals surface area contributed by atoms with Gasteiger partial charge < -0.3 is 5.32 Å². The Balaban J connectivity index is 1.95. The third-order valence-corrected chi connectivity index (χ3v) is 6.25. The molecule has 1 aliphatic rings. The summed E-state index contributed by atoms with van der Waals surface area (Å²) in [6.45, 7) is 0.974. The van der Waals surface area contributed by atoms with E-state index in [0.29, 0.717) is 4.90 Å². The van der Waals surface area contributed by atoms with E-state index in [1.54, 1.807) is 12.1 Å². The van der Waals surface area contributed by atoms with Crippen LogP contribution in [0.2, 0.25) is 0 Å². The molecule has 0 atom stereocenters. The number of hydrogen-bond donors (Lipinski definition) is 2. The lowest BCUT2D eigenvalue weighted by Gasteiger charge is -2.22. The summed E-state index contributed by atoms with van der Waals surface area (Å²) in [6.07, 6.45) is 3.87. The van der Waals surface area contributed by atoms with E-state index in [9.17, 15) is 8.42 Å². The number of nitrogens with one attached hydrogen (secondary N) is 2. The van der Waals surface area contributed by atoms with Crippen molar-refractivity contribution in [1.82, 2.24) is 10.0 Å². The average Bonchev–Trinajstić information content (AvgIpc) is 2.49. The van der Waals surface area contributed by atoms with E-state index >= 15 is 0 Å². The van der Waals surface area contributed by atoms with Crippen LogP contribution < -0.4 is 10.0 Å². The number of sulfonamides is 1. The molecule has 0 saturated carbocycles. The van der Waals surface area contributed by atoms with Crippen LogP contribution in [0.15, 0.2) is 29.2 Å². The molecule has 0 bridgehead atoms. The van der Waals surface area contributed by atoms with Crippen molar-refractivity contribution >= 4 is 21.8 Å². The zero-order valence-corrected chi connectivity index (χ0v) is 14.1. The Hall–Kier alpha value is -0.560. The molecular formula is C15H24N2O2S2. The Morgan fingerprint density at radius 2 is 1.86 bits per heavy atom. The summed E-state index contributed by atoms with van der Waals surface area (Å²) in [6, 6.07) is 7.36. The fourth-order valence-corrected chi connectivity index (χ4v) is 4.82. The molecule has 1 aliphatic heterocycles. The van der Waals surface area contributed by atoms with Gasteiger partial charge in [0.15, 0.2) is 0 Å². The van der Waals surface area contributed by atoms with Gasteiger partial charge >= 0.3 is 0 Å². The molecule has 0 amide bonds. The van der Waals surface area contributed by atoms with Crippen molar-refractivity contribution in [3.63, 3.8) is 0 Å². The van der Waals surface area contributed by atoms with E-state index in [1.807, 2.05) is 30.9 Å². The van der Waals surface area contributed by atoms with Crippen molar-refractivity contribution in [1.29, 1.82) is 0 Å². The molecule has 1 aromatic carbocycles. The predicted octanol–water partition coefficient (Wildman–Crippen LogP) is 2.01. The molecule has 6 heteroatoms. The van der Waals surface area contributed by atoms with E-state index in [0.717, 1.165) is 43.7 Å². The van der Waals surface area contributed by atoms with Gasteiger partial charge in [0.2, 0.25) is 10.0 Å². The van der Waals surface area contributed by atoms with Gasteiger partial charge in [0.05, 0.1) is 4.90 Å². The maximum atomic E-state index is 12.3. The molecule has 2 N–H and O–H groups in total. The van der Waals surface area contributed by atoms with Crippen LogP contribution in [0.3, 0.4) is 0 Å². The van der Waals surface area contributed by atoms with Crippen molar-refractivity contribution in [2.75, 3.05) is 25.1 Å². The molecule has 0 spiro atoms. The van der Waals surface area contributed by atoms with Gasteiger partial charge in [0.1, 0.15) is 0 Å². The SMILES string of the molecule is CNCCCc1ccc(S(=O)(=O)NC2CCSCC2)cc1. The largest absolute Gasteiger partial charge is 0.320 e. The van der Waals surface area contributed by atoms with E-state index in [2.05, 4.69) is 10.0 Å². The van der Waals surface area contributed by atoms with Crippen LogP contribution in [0.5, 0.6) is 0 Å². The van der Waals surface area contributed by atoms with Crippen LogP contribution in [-0.2, 0) is 16.4 Å². The Bertz CT molecular complexity index is 523. The Kier molecular flexibility index (Phi) is 6.54. The summed E-state index contributed by atoms with van der Waals surface area (Å²) in [5.74, 6) is 2.08. The van der Waals surface area contributed by atoms with Crippen LogP contribution >= 0.6 is 11.8 Å². The summed E-state index contributed by atoms with van der Waals surface area (Å²) in [4.78, 5) is 0.373. The second kappa shape index (κ2) is 8.17. The fourth-order valence-electron chi connectivity index (χ4n) is 2.41. The number of rotatable bonds is 7. The Labute approximate surface area is 132 Å². The minimum atomic E-state index is -3.37. The first-order chi connectivity index (χ1) is 10.1. The zero-order chi connectivity index (χ0) is 15.1. The average molecular weight is 329 g/mol. The lowest BCUT2D eigenvalue weighted by Crippen LogP contribution is -2.37. The molecule has 118 valence electrons. The highest BCUT2D eigenvalue weighted by Gasteiger charge is 2.21. The van der Waals surface area contributed by atoms with Gasteiger partial charge in [-0.25, -0.2) is 13.1 Å². The standard InChI is InChI=1S/C15H24N2O2S2/c1-16-10-2-3-13-4-6-15(7-5-13)21(18,19)17-14-8-11-20-12-9-14/h4-7,14,16-17H,2-3,8-12H2,1H3. The third-order valence-electron chi connectivity index (χ3n) is 3.67. The highest BCUT2D eigenvalue weighted by molar-refractivity contribution is 7.99. The summed E-state index contributed by atoms with van der Waals surface area (Å²) in [7, 11) is -1.44. The van der Waals surface area contributed by atoms with Gasteiger partial charge in [-0.05, 0) is 68.5 Å². The van der Waals surface area contributed by atoms with Gasteiger partial charge in [-0.2, -0.15) is 11.8 Å². The van der Waals surface area contributed by atoms with Crippen LogP contribution in [0.4, 0.5) is 0 Å². The molecule has 21 heavy (non-hydrogen) atoms. The molecule has 1 saturated heterocycles. The van der Waals surface area contributed by atoms with Crippen LogP contribution in [-0.4, -0.2) is 39.6 Å². The molecule has 4 nitrogen and oxygen atoms in total. The summed E-state index contributed by atoms with van der Waals surface area (Å²) in [5, 5.41) is 3.11. The molecule has 1 heterocycles. The first-order valence-electron chi connectivity index (χ1n) is 7.45. The smallest absolute Gasteiger partial charge is 0.240 e. The fraction of sp³-hybridized carbons (Fsp3) is 0.600. The van der Waals surface area contributed by atoms with Gasteiger partial charge in [-0.15, -0.1) is 0 Å². The van der Waals surface area contributed by atoms with Crippen molar-refractivity contribution < 1.29 is 8.42 Å². The predicted molar refractivity (Wildman–Crippen MR) is 89.4 cm³/mol. The highest BCUT2D eigenvalue weighted by atomic mass is 32.2. The second-order valence-electron chi connectivity index (χ2n) is 5.36. The topological polar surface area (TPSA) is 58.2 Å². The van der Waals surface area contributed by atoms with Crippen LogP contribution in [0.25, 0.3) is 0 Å². The molecular weight excluding hydrogens is 304 g/mol. The van der Waals surface area contributed by atoms with E-state index in [1.165, 1.54) is 5.56 Å². The second-order valence-corrected chi connectivity index (χ2v) is 8.30. The normalized spacial score (nSPS) is 17.0. The molecule has 2 rings (SSSR count). The van der Waals surface area contributed by atoms with Crippen molar-refractivity contribution in [2.45, 2.75) is 36.6 Å². The summed E-state index contributed by atoms with van der Waals surface area (Å²) in [5.41, 5.74) is 1.18. The molecule has 0 aromatic heterocycles. The summed E-state index contributed by atoms with van der Waals surface area (Å²) >= 11 is 1.89.